The summed E-state index contributed by atoms with van der Waals surface area (Å²) >= 11 is 4.61. The van der Waals surface area contributed by atoms with Gasteiger partial charge in [0, 0.05) is 15.4 Å². The summed E-state index contributed by atoms with van der Waals surface area (Å²) in [7, 11) is 0. The Morgan fingerprint density at radius 2 is 2.05 bits per heavy atom. The molecule has 0 unspecified atom stereocenters. The summed E-state index contributed by atoms with van der Waals surface area (Å²) in [6.07, 6.45) is 2.94. The molecule has 0 aliphatic rings. The third-order valence-corrected chi connectivity index (χ3v) is 3.97. The fraction of sp³-hybridized carbons (Fsp3) is 0.429. The van der Waals surface area contributed by atoms with Crippen LogP contribution in [0.2, 0.25) is 0 Å². The Balaban J connectivity index is 2.83. The summed E-state index contributed by atoms with van der Waals surface area (Å²) in [4.78, 5) is 24.4. The predicted octanol–water partition coefficient (Wildman–Crippen LogP) is 4.04. The summed E-state index contributed by atoms with van der Waals surface area (Å²) in [6.45, 7) is 7.52. The molecule has 0 saturated carbocycles. The molecule has 1 aromatic heterocycles. The van der Waals surface area contributed by atoms with E-state index in [4.69, 9.17) is 9.47 Å². The Kier molecular flexibility index (Phi) is 5.95. The van der Waals surface area contributed by atoms with Gasteiger partial charge in [0.05, 0.1) is 6.61 Å². The molecule has 0 aromatic carbocycles. The van der Waals surface area contributed by atoms with Crippen LogP contribution in [0.25, 0.3) is 6.08 Å². The molecule has 4 nitrogen and oxygen atoms in total. The number of esters is 2. The molecule has 0 aliphatic heterocycles. The van der Waals surface area contributed by atoms with Crippen molar-refractivity contribution < 1.29 is 19.1 Å². The van der Waals surface area contributed by atoms with E-state index in [-0.39, 0.29) is 5.97 Å². The molecular weight excluding hydrogens is 344 g/mol. The molecule has 0 saturated heterocycles. The maximum atomic E-state index is 11.9. The molecule has 0 N–H and O–H groups in total. The number of halogens is 1. The van der Waals surface area contributed by atoms with E-state index in [1.807, 2.05) is 20.8 Å². The van der Waals surface area contributed by atoms with Crippen LogP contribution in [0.5, 0.6) is 0 Å². The molecule has 0 bridgehead atoms. The zero-order valence-corrected chi connectivity index (χ0v) is 14.3. The van der Waals surface area contributed by atoms with E-state index < -0.39 is 11.6 Å². The smallest absolute Gasteiger partial charge is 0.348 e. The van der Waals surface area contributed by atoms with Crippen LogP contribution in [0, 0.1) is 0 Å². The molecule has 0 amide bonds. The zero-order chi connectivity index (χ0) is 15.3. The van der Waals surface area contributed by atoms with Crippen LogP contribution >= 0.6 is 27.3 Å². The Labute approximate surface area is 130 Å². The number of thiophene rings is 1. The van der Waals surface area contributed by atoms with Gasteiger partial charge in [-0.15, -0.1) is 11.3 Å². The van der Waals surface area contributed by atoms with Crippen molar-refractivity contribution >= 4 is 45.3 Å². The van der Waals surface area contributed by atoms with Gasteiger partial charge < -0.3 is 9.47 Å². The van der Waals surface area contributed by atoms with Gasteiger partial charge in [-0.2, -0.15) is 0 Å². The second-order valence-corrected chi connectivity index (χ2v) is 6.85. The van der Waals surface area contributed by atoms with Crippen molar-refractivity contribution in [3.8, 4) is 0 Å². The van der Waals surface area contributed by atoms with E-state index in [2.05, 4.69) is 15.9 Å². The van der Waals surface area contributed by atoms with E-state index >= 15 is 0 Å². The first-order valence-corrected chi connectivity index (χ1v) is 7.71. The van der Waals surface area contributed by atoms with Gasteiger partial charge in [-0.1, -0.05) is 0 Å². The summed E-state index contributed by atoms with van der Waals surface area (Å²) < 4.78 is 10.8. The summed E-state index contributed by atoms with van der Waals surface area (Å²) in [5.41, 5.74) is -0.533. The van der Waals surface area contributed by atoms with E-state index in [1.54, 1.807) is 19.1 Å². The van der Waals surface area contributed by atoms with Crippen molar-refractivity contribution in [2.75, 3.05) is 6.61 Å². The number of hydrogen-bond donors (Lipinski definition) is 0. The largest absolute Gasteiger partial charge is 0.463 e. The molecule has 0 atom stereocenters. The average Bonchev–Trinajstić information content (AvgIpc) is 2.66. The van der Waals surface area contributed by atoms with Crippen LogP contribution in [-0.4, -0.2) is 24.1 Å². The van der Waals surface area contributed by atoms with Gasteiger partial charge >= 0.3 is 11.9 Å². The van der Waals surface area contributed by atoms with Gasteiger partial charge in [0.2, 0.25) is 0 Å². The van der Waals surface area contributed by atoms with Crippen LogP contribution in [0.15, 0.2) is 16.6 Å². The number of carbonyl (C=O) groups excluding carboxylic acids is 2. The number of carbonyl (C=O) groups is 2. The first-order valence-electron chi connectivity index (χ1n) is 6.10. The Morgan fingerprint density at radius 3 is 2.60 bits per heavy atom. The molecule has 1 heterocycles. The minimum Gasteiger partial charge on any atom is -0.463 e. The molecule has 1 rings (SSSR count). The lowest BCUT2D eigenvalue weighted by Crippen LogP contribution is -2.23. The third kappa shape index (κ3) is 5.46. The first-order chi connectivity index (χ1) is 9.23. The van der Waals surface area contributed by atoms with E-state index in [0.29, 0.717) is 11.5 Å². The van der Waals surface area contributed by atoms with Gasteiger partial charge in [0.15, 0.2) is 0 Å². The van der Waals surface area contributed by atoms with Crippen molar-refractivity contribution in [1.82, 2.24) is 0 Å². The molecule has 0 fully saturated rings. The first kappa shape index (κ1) is 16.9. The number of ether oxygens (including phenoxy) is 2. The fourth-order valence-electron chi connectivity index (χ4n) is 1.26. The van der Waals surface area contributed by atoms with E-state index in [9.17, 15) is 9.59 Å². The highest BCUT2D eigenvalue weighted by Crippen LogP contribution is 2.30. The molecule has 0 spiro atoms. The standard InChI is InChI=1S/C14H17BrO4S/c1-5-18-12(16)7-6-10-9(15)8-11(20-10)13(17)19-14(2,3)4/h6-8H,5H2,1-4H3/b7-6+. The van der Waals surface area contributed by atoms with Crippen LogP contribution in [0.1, 0.15) is 42.2 Å². The third-order valence-electron chi connectivity index (χ3n) is 1.97. The Bertz CT molecular complexity index is 526. The Hall–Kier alpha value is -1.14. The van der Waals surface area contributed by atoms with E-state index in [0.717, 1.165) is 9.35 Å². The normalized spacial score (nSPS) is 11.7. The highest BCUT2D eigenvalue weighted by atomic mass is 79.9. The highest BCUT2D eigenvalue weighted by molar-refractivity contribution is 9.10. The minimum atomic E-state index is -0.533. The highest BCUT2D eigenvalue weighted by Gasteiger charge is 2.20. The van der Waals surface area contributed by atoms with Gasteiger partial charge in [-0.3, -0.25) is 0 Å². The summed E-state index contributed by atoms with van der Waals surface area (Å²) in [5, 5.41) is 0. The zero-order valence-electron chi connectivity index (χ0n) is 11.9. The van der Waals surface area contributed by atoms with Crippen molar-refractivity contribution in [3.05, 3.63) is 26.4 Å². The van der Waals surface area contributed by atoms with Crippen molar-refractivity contribution in [2.45, 2.75) is 33.3 Å². The molecule has 6 heteroatoms. The topological polar surface area (TPSA) is 52.6 Å². The fourth-order valence-corrected chi connectivity index (χ4v) is 2.85. The monoisotopic (exact) mass is 360 g/mol. The molecule has 20 heavy (non-hydrogen) atoms. The lowest BCUT2D eigenvalue weighted by molar-refractivity contribution is -0.137. The molecule has 1 aromatic rings. The summed E-state index contributed by atoms with van der Waals surface area (Å²) in [6, 6.07) is 1.68. The molecule has 110 valence electrons. The van der Waals surface area contributed by atoms with Crippen molar-refractivity contribution in [3.63, 3.8) is 0 Å². The Morgan fingerprint density at radius 1 is 1.40 bits per heavy atom. The second-order valence-electron chi connectivity index (χ2n) is 4.91. The lowest BCUT2D eigenvalue weighted by Gasteiger charge is -2.18. The maximum absolute atomic E-state index is 11.9. The molecule has 0 radical (unpaired) electrons. The average molecular weight is 361 g/mol. The lowest BCUT2D eigenvalue weighted by atomic mass is 10.2. The maximum Gasteiger partial charge on any atom is 0.348 e. The van der Waals surface area contributed by atoms with Crippen molar-refractivity contribution in [2.24, 2.45) is 0 Å². The van der Waals surface area contributed by atoms with Crippen LogP contribution in [0.3, 0.4) is 0 Å². The van der Waals surface area contributed by atoms with Gasteiger partial charge in [-0.25, -0.2) is 9.59 Å². The van der Waals surface area contributed by atoms with E-state index in [1.165, 1.54) is 17.4 Å². The van der Waals surface area contributed by atoms with Gasteiger partial charge in [-0.05, 0) is 55.8 Å². The molecular formula is C14H17BrO4S. The SMILES string of the molecule is CCOC(=O)/C=C/c1sc(C(=O)OC(C)(C)C)cc1Br. The van der Waals surface area contributed by atoms with Gasteiger partial charge in [0.25, 0.3) is 0 Å². The second kappa shape index (κ2) is 7.04. The number of hydrogen-bond acceptors (Lipinski definition) is 5. The predicted molar refractivity (Wildman–Crippen MR) is 82.9 cm³/mol. The minimum absolute atomic E-state index is 0.331. The van der Waals surface area contributed by atoms with Gasteiger partial charge in [0.1, 0.15) is 10.5 Å². The summed E-state index contributed by atoms with van der Waals surface area (Å²) in [5.74, 6) is -0.786. The van der Waals surface area contributed by atoms with Crippen molar-refractivity contribution in [1.29, 1.82) is 0 Å². The van der Waals surface area contributed by atoms with Crippen LogP contribution < -0.4 is 0 Å². The molecule has 0 aliphatic carbocycles. The van der Waals surface area contributed by atoms with Crippen LogP contribution in [0.4, 0.5) is 0 Å². The number of rotatable bonds is 4. The van der Waals surface area contributed by atoms with Crippen LogP contribution in [-0.2, 0) is 14.3 Å². The quantitative estimate of drug-likeness (QED) is 0.600.